The monoisotopic (exact) mass is 515 g/mol. The van der Waals surface area contributed by atoms with E-state index in [1.807, 2.05) is 60.8 Å². The Morgan fingerprint density at radius 3 is 2.50 bits per heavy atom. The van der Waals surface area contributed by atoms with Crippen molar-refractivity contribution in [3.05, 3.63) is 106 Å². The Morgan fingerprint density at radius 1 is 1.03 bits per heavy atom. The smallest absolute Gasteiger partial charge is 0.341 e. The highest BCUT2D eigenvalue weighted by molar-refractivity contribution is 7.99. The summed E-state index contributed by atoms with van der Waals surface area (Å²) in [6, 6.07) is 28.7. The van der Waals surface area contributed by atoms with Crippen molar-refractivity contribution in [2.45, 2.75) is 24.0 Å². The number of aliphatic imine (C=N–C) groups is 1. The maximum Gasteiger partial charge on any atom is 0.341 e. The highest BCUT2D eigenvalue weighted by Crippen LogP contribution is 2.36. The first-order valence-electron chi connectivity index (χ1n) is 11.6. The van der Waals surface area contributed by atoms with Crippen molar-refractivity contribution < 1.29 is 19.4 Å². The molecule has 0 spiro atoms. The van der Waals surface area contributed by atoms with Crippen LogP contribution in [0.4, 0.5) is 0 Å². The average Bonchev–Trinajstić information content (AvgIpc) is 3.58. The lowest BCUT2D eigenvalue weighted by Crippen LogP contribution is -2.16. The summed E-state index contributed by atoms with van der Waals surface area (Å²) in [7, 11) is 0. The van der Waals surface area contributed by atoms with Gasteiger partial charge in [-0.1, -0.05) is 60.7 Å². The van der Waals surface area contributed by atoms with E-state index in [2.05, 4.69) is 36.4 Å². The molecule has 1 aromatic heterocycles. The van der Waals surface area contributed by atoms with Crippen molar-refractivity contribution in [1.82, 2.24) is 0 Å². The minimum atomic E-state index is -0.990. The van der Waals surface area contributed by atoms with Crippen LogP contribution in [0.5, 0.6) is 5.75 Å². The summed E-state index contributed by atoms with van der Waals surface area (Å²) in [4.78, 5) is 17.9. The fourth-order valence-electron chi connectivity index (χ4n) is 4.07. The molecule has 3 aromatic carbocycles. The summed E-state index contributed by atoms with van der Waals surface area (Å²) in [5.41, 5.74) is 4.36. The summed E-state index contributed by atoms with van der Waals surface area (Å²) < 4.78 is 11.8. The number of rotatable bonds is 9. The van der Waals surface area contributed by atoms with Crippen LogP contribution in [0.3, 0.4) is 0 Å². The third-order valence-electron chi connectivity index (χ3n) is 5.87. The van der Waals surface area contributed by atoms with E-state index < -0.39 is 5.97 Å². The zero-order valence-electron chi connectivity index (χ0n) is 19.7. The van der Waals surface area contributed by atoms with Crippen molar-refractivity contribution in [3.63, 3.8) is 0 Å². The zero-order chi connectivity index (χ0) is 24.9. The van der Waals surface area contributed by atoms with Gasteiger partial charge in [0.05, 0.1) is 4.88 Å². The quantitative estimate of drug-likeness (QED) is 0.247. The first-order chi connectivity index (χ1) is 17.6. The van der Waals surface area contributed by atoms with Gasteiger partial charge in [-0.3, -0.25) is 0 Å². The molecule has 182 valence electrons. The fraction of sp³-hybridized carbons (Fsp3) is 0.172. The van der Waals surface area contributed by atoms with Gasteiger partial charge in [0.25, 0.3) is 0 Å². The molecule has 0 bridgehead atoms. The number of thioether (sulfide) groups is 1. The molecule has 2 unspecified atom stereocenters. The molecule has 1 aliphatic rings. The summed E-state index contributed by atoms with van der Waals surface area (Å²) in [5.74, 6) is 1.03. The van der Waals surface area contributed by atoms with Crippen LogP contribution in [0.1, 0.15) is 22.1 Å². The minimum absolute atomic E-state index is 0.0436. The second kappa shape index (κ2) is 11.0. The lowest BCUT2D eigenvalue weighted by atomic mass is 9.99. The van der Waals surface area contributed by atoms with Gasteiger partial charge in [0.1, 0.15) is 17.9 Å². The van der Waals surface area contributed by atoms with Crippen LogP contribution >= 0.6 is 23.1 Å². The summed E-state index contributed by atoms with van der Waals surface area (Å²) >= 11 is 3.33. The summed E-state index contributed by atoms with van der Waals surface area (Å²) in [6.45, 7) is 1.57. The van der Waals surface area contributed by atoms with Gasteiger partial charge in [0, 0.05) is 10.6 Å². The largest absolute Gasteiger partial charge is 0.482 e. The standard InChI is InChI=1S/C29H25NO4S2/c1-19-16-23(13-14-25(19)33-17-27(31)32)36-18-24-28(34-29(30-24)26-8-5-15-35-26)22-11-9-21(10-12-22)20-6-3-2-4-7-20/h2-16,24,28H,17-18H2,1H3,(H,31,32). The summed E-state index contributed by atoms with van der Waals surface area (Å²) in [5, 5.41) is 10.9. The molecule has 0 aliphatic carbocycles. The molecule has 0 radical (unpaired) electrons. The Bertz CT molecular complexity index is 1350. The Kier molecular flexibility index (Phi) is 7.39. The predicted octanol–water partition coefficient (Wildman–Crippen LogP) is 6.87. The molecular formula is C29H25NO4S2. The number of carboxylic acids is 1. The number of hydrogen-bond donors (Lipinski definition) is 1. The molecule has 4 aromatic rings. The van der Waals surface area contributed by atoms with Crippen LogP contribution in [0.15, 0.2) is 100 Å². The van der Waals surface area contributed by atoms with Gasteiger partial charge in [0.2, 0.25) is 5.90 Å². The van der Waals surface area contributed by atoms with Crippen LogP contribution in [0, 0.1) is 6.92 Å². The molecule has 2 heterocycles. The van der Waals surface area contributed by atoms with E-state index in [4.69, 9.17) is 19.6 Å². The number of carbonyl (C=O) groups is 1. The van der Waals surface area contributed by atoms with Crippen LogP contribution in [0.25, 0.3) is 11.1 Å². The van der Waals surface area contributed by atoms with E-state index in [0.29, 0.717) is 11.6 Å². The molecule has 0 fully saturated rings. The first kappa shape index (κ1) is 24.2. The van der Waals surface area contributed by atoms with Gasteiger partial charge in [0.15, 0.2) is 6.61 Å². The van der Waals surface area contributed by atoms with Gasteiger partial charge in [-0.05, 0) is 58.8 Å². The van der Waals surface area contributed by atoms with Crippen molar-refractivity contribution in [1.29, 1.82) is 0 Å². The van der Waals surface area contributed by atoms with Crippen molar-refractivity contribution >= 4 is 35.0 Å². The molecule has 0 saturated carbocycles. The van der Waals surface area contributed by atoms with Crippen molar-refractivity contribution in [2.75, 3.05) is 12.4 Å². The van der Waals surface area contributed by atoms with Crippen molar-refractivity contribution in [3.8, 4) is 16.9 Å². The molecule has 36 heavy (non-hydrogen) atoms. The maximum absolute atomic E-state index is 10.8. The van der Waals surface area contributed by atoms with Crippen LogP contribution in [0.2, 0.25) is 0 Å². The highest BCUT2D eigenvalue weighted by atomic mass is 32.2. The second-order valence-corrected chi connectivity index (χ2v) is 10.5. The molecular weight excluding hydrogens is 490 g/mol. The van der Waals surface area contributed by atoms with Gasteiger partial charge >= 0.3 is 5.97 Å². The van der Waals surface area contributed by atoms with Gasteiger partial charge < -0.3 is 14.6 Å². The van der Waals surface area contributed by atoms with Gasteiger partial charge in [-0.15, -0.1) is 23.1 Å². The van der Waals surface area contributed by atoms with Gasteiger partial charge in [-0.2, -0.15) is 0 Å². The SMILES string of the molecule is Cc1cc(SCC2N=C(c3cccs3)OC2c2ccc(-c3ccccc3)cc2)ccc1OCC(=O)O. The number of aryl methyl sites for hydroxylation is 1. The number of ether oxygens (including phenoxy) is 2. The van der Waals surface area contributed by atoms with E-state index >= 15 is 0 Å². The topological polar surface area (TPSA) is 68.1 Å². The summed E-state index contributed by atoms with van der Waals surface area (Å²) in [6.07, 6.45) is -0.168. The maximum atomic E-state index is 10.8. The lowest BCUT2D eigenvalue weighted by molar-refractivity contribution is -0.139. The molecule has 1 N–H and O–H groups in total. The van der Waals surface area contributed by atoms with E-state index in [1.165, 1.54) is 11.1 Å². The Hall–Kier alpha value is -3.55. The third-order valence-corrected chi connectivity index (χ3v) is 7.82. The molecule has 5 rings (SSSR count). The molecule has 5 nitrogen and oxygen atoms in total. The van der Waals surface area contributed by atoms with Crippen LogP contribution in [-0.4, -0.2) is 35.4 Å². The third kappa shape index (κ3) is 5.64. The molecule has 2 atom stereocenters. The first-order valence-corrected chi connectivity index (χ1v) is 13.4. The highest BCUT2D eigenvalue weighted by Gasteiger charge is 2.33. The Morgan fingerprint density at radius 2 is 1.81 bits per heavy atom. The van der Waals surface area contributed by atoms with E-state index in [1.54, 1.807) is 23.1 Å². The molecule has 1 aliphatic heterocycles. The number of carboxylic acid groups (broad SMARTS) is 1. The van der Waals surface area contributed by atoms with E-state index in [9.17, 15) is 4.79 Å². The number of hydrogen-bond acceptors (Lipinski definition) is 6. The number of benzene rings is 3. The number of nitrogens with zero attached hydrogens (tertiary/aromatic N) is 1. The van der Waals surface area contributed by atoms with Gasteiger partial charge in [-0.25, -0.2) is 9.79 Å². The van der Waals surface area contributed by atoms with Crippen LogP contribution in [-0.2, 0) is 9.53 Å². The lowest BCUT2D eigenvalue weighted by Gasteiger charge is -2.18. The predicted molar refractivity (Wildman–Crippen MR) is 145 cm³/mol. The molecule has 7 heteroatoms. The minimum Gasteiger partial charge on any atom is -0.482 e. The molecule has 0 amide bonds. The Balaban J connectivity index is 1.33. The van der Waals surface area contributed by atoms with E-state index in [0.717, 1.165) is 26.7 Å². The normalized spacial score (nSPS) is 16.9. The molecule has 0 saturated heterocycles. The second-order valence-electron chi connectivity index (χ2n) is 8.43. The number of aliphatic carboxylic acids is 1. The Labute approximate surface area is 218 Å². The zero-order valence-corrected chi connectivity index (χ0v) is 21.3. The van der Waals surface area contributed by atoms with Crippen molar-refractivity contribution in [2.24, 2.45) is 4.99 Å². The fourth-order valence-corrected chi connectivity index (χ4v) is 5.77. The average molecular weight is 516 g/mol. The van der Waals surface area contributed by atoms with Crippen LogP contribution < -0.4 is 4.74 Å². The van der Waals surface area contributed by atoms with E-state index in [-0.39, 0.29) is 18.8 Å². The number of thiophene rings is 1.